The van der Waals surface area contributed by atoms with E-state index < -0.39 is 0 Å². The summed E-state index contributed by atoms with van der Waals surface area (Å²) in [5, 5.41) is 10.5. The zero-order chi connectivity index (χ0) is 11.5. The molecule has 1 atom stereocenters. The van der Waals surface area contributed by atoms with Crippen molar-refractivity contribution in [3.05, 3.63) is 34.4 Å². The van der Waals surface area contributed by atoms with Gasteiger partial charge in [-0.1, -0.05) is 0 Å². The Morgan fingerprint density at radius 3 is 2.69 bits per heavy atom. The van der Waals surface area contributed by atoms with Gasteiger partial charge in [-0.05, 0) is 25.0 Å². The number of nitrogens with zero attached hydrogens (tertiary/aromatic N) is 2. The van der Waals surface area contributed by atoms with Crippen molar-refractivity contribution in [2.45, 2.75) is 18.9 Å². The number of nitro groups is 1. The number of rotatable bonds is 3. The van der Waals surface area contributed by atoms with E-state index in [1.807, 2.05) is 0 Å². The molecule has 0 aromatic heterocycles. The number of hydrogen-bond donors (Lipinski definition) is 1. The van der Waals surface area contributed by atoms with E-state index in [1.54, 1.807) is 24.3 Å². The molecule has 2 N–H and O–H groups in total. The lowest BCUT2D eigenvalue weighted by Gasteiger charge is -2.25. The second-order valence-corrected chi connectivity index (χ2v) is 4.00. The van der Waals surface area contributed by atoms with Gasteiger partial charge in [0.25, 0.3) is 5.69 Å². The molecule has 2 rings (SSSR count). The maximum atomic E-state index is 10.5. The summed E-state index contributed by atoms with van der Waals surface area (Å²) in [6, 6.07) is 7.06. The normalized spacial score (nSPS) is 20.1. The molecule has 5 nitrogen and oxygen atoms in total. The summed E-state index contributed by atoms with van der Waals surface area (Å²) in [4.78, 5) is 12.4. The highest BCUT2D eigenvalue weighted by molar-refractivity contribution is 5.52. The molecule has 16 heavy (non-hydrogen) atoms. The molecule has 86 valence electrons. The molecule has 0 amide bonds. The predicted octanol–water partition coefficient (Wildman–Crippen LogP) is 1.52. The Morgan fingerprint density at radius 1 is 1.44 bits per heavy atom. The largest absolute Gasteiger partial charge is 0.367 e. The SMILES string of the molecule is NCC1CCCN1c1ccc([N+](=O)[O-])cc1. The van der Waals surface area contributed by atoms with Crippen LogP contribution in [-0.4, -0.2) is 24.1 Å². The standard InChI is InChI=1S/C11H15N3O2/c12-8-11-2-1-7-13(11)9-3-5-10(6-4-9)14(15)16/h3-6,11H,1-2,7-8,12H2. The van der Waals surface area contributed by atoms with Gasteiger partial charge in [-0.2, -0.15) is 0 Å². The van der Waals surface area contributed by atoms with E-state index in [1.165, 1.54) is 0 Å². The van der Waals surface area contributed by atoms with Crippen LogP contribution in [0.15, 0.2) is 24.3 Å². The van der Waals surface area contributed by atoms with Gasteiger partial charge in [0.2, 0.25) is 0 Å². The molecule has 0 radical (unpaired) electrons. The Balaban J connectivity index is 2.18. The van der Waals surface area contributed by atoms with Crippen LogP contribution >= 0.6 is 0 Å². The van der Waals surface area contributed by atoms with Gasteiger partial charge in [-0.25, -0.2) is 0 Å². The number of nitrogens with two attached hydrogens (primary N) is 1. The van der Waals surface area contributed by atoms with Crippen LogP contribution in [0.4, 0.5) is 11.4 Å². The zero-order valence-corrected chi connectivity index (χ0v) is 9.00. The van der Waals surface area contributed by atoms with E-state index in [0.717, 1.165) is 25.1 Å². The summed E-state index contributed by atoms with van der Waals surface area (Å²) < 4.78 is 0. The van der Waals surface area contributed by atoms with Gasteiger partial charge >= 0.3 is 0 Å². The van der Waals surface area contributed by atoms with E-state index in [0.29, 0.717) is 12.6 Å². The van der Waals surface area contributed by atoms with Crippen molar-refractivity contribution in [1.29, 1.82) is 0 Å². The van der Waals surface area contributed by atoms with E-state index >= 15 is 0 Å². The minimum atomic E-state index is -0.381. The molecule has 1 heterocycles. The Morgan fingerprint density at radius 2 is 2.12 bits per heavy atom. The van der Waals surface area contributed by atoms with Crippen LogP contribution in [0.3, 0.4) is 0 Å². The lowest BCUT2D eigenvalue weighted by molar-refractivity contribution is -0.384. The van der Waals surface area contributed by atoms with Crippen molar-refractivity contribution in [3.63, 3.8) is 0 Å². The Bertz CT molecular complexity index is 377. The van der Waals surface area contributed by atoms with Crippen LogP contribution in [-0.2, 0) is 0 Å². The minimum Gasteiger partial charge on any atom is -0.367 e. The summed E-state index contributed by atoms with van der Waals surface area (Å²) in [5.74, 6) is 0. The first-order valence-corrected chi connectivity index (χ1v) is 5.43. The van der Waals surface area contributed by atoms with Crippen LogP contribution in [0.1, 0.15) is 12.8 Å². The molecule has 0 spiro atoms. The summed E-state index contributed by atoms with van der Waals surface area (Å²) in [6.07, 6.45) is 2.24. The maximum absolute atomic E-state index is 10.5. The van der Waals surface area contributed by atoms with Crippen LogP contribution in [0.5, 0.6) is 0 Å². The first-order chi connectivity index (χ1) is 7.72. The first-order valence-electron chi connectivity index (χ1n) is 5.43. The highest BCUT2D eigenvalue weighted by Crippen LogP contribution is 2.26. The molecular formula is C11H15N3O2. The third kappa shape index (κ3) is 1.99. The molecule has 1 aliphatic heterocycles. The Labute approximate surface area is 94.0 Å². The fraction of sp³-hybridized carbons (Fsp3) is 0.455. The van der Waals surface area contributed by atoms with Gasteiger partial charge in [-0.3, -0.25) is 10.1 Å². The molecule has 1 aromatic rings. The van der Waals surface area contributed by atoms with Crippen molar-refractivity contribution >= 4 is 11.4 Å². The van der Waals surface area contributed by atoms with Crippen molar-refractivity contribution in [1.82, 2.24) is 0 Å². The number of hydrogen-bond acceptors (Lipinski definition) is 4. The summed E-state index contributed by atoms with van der Waals surface area (Å²) >= 11 is 0. The summed E-state index contributed by atoms with van der Waals surface area (Å²) in [5.41, 5.74) is 6.85. The zero-order valence-electron chi connectivity index (χ0n) is 9.00. The van der Waals surface area contributed by atoms with Gasteiger partial charge in [0.1, 0.15) is 0 Å². The average Bonchev–Trinajstić information content (AvgIpc) is 2.77. The van der Waals surface area contributed by atoms with Crippen molar-refractivity contribution in [2.24, 2.45) is 5.73 Å². The first kappa shape index (κ1) is 10.9. The van der Waals surface area contributed by atoms with Gasteiger partial charge in [0, 0.05) is 37.0 Å². The monoisotopic (exact) mass is 221 g/mol. The maximum Gasteiger partial charge on any atom is 0.269 e. The van der Waals surface area contributed by atoms with Crippen LogP contribution in [0.2, 0.25) is 0 Å². The van der Waals surface area contributed by atoms with Gasteiger partial charge in [-0.15, -0.1) is 0 Å². The molecule has 5 heteroatoms. The third-order valence-electron chi connectivity index (χ3n) is 3.04. The quantitative estimate of drug-likeness (QED) is 0.620. The summed E-state index contributed by atoms with van der Waals surface area (Å²) in [6.45, 7) is 1.62. The van der Waals surface area contributed by atoms with E-state index in [-0.39, 0.29) is 10.6 Å². The highest BCUT2D eigenvalue weighted by atomic mass is 16.6. The number of anilines is 1. The van der Waals surface area contributed by atoms with Crippen LogP contribution in [0.25, 0.3) is 0 Å². The molecule has 0 aliphatic carbocycles. The number of non-ortho nitro benzene ring substituents is 1. The van der Waals surface area contributed by atoms with Gasteiger partial charge in [0.15, 0.2) is 0 Å². The fourth-order valence-electron chi connectivity index (χ4n) is 2.19. The van der Waals surface area contributed by atoms with Gasteiger partial charge in [0.05, 0.1) is 4.92 Å². The smallest absolute Gasteiger partial charge is 0.269 e. The fourth-order valence-corrected chi connectivity index (χ4v) is 2.19. The molecule has 0 bridgehead atoms. The molecular weight excluding hydrogens is 206 g/mol. The number of nitro benzene ring substituents is 1. The molecule has 1 aromatic carbocycles. The Kier molecular flexibility index (Phi) is 3.05. The third-order valence-corrected chi connectivity index (χ3v) is 3.04. The Hall–Kier alpha value is -1.62. The molecule has 1 aliphatic rings. The topological polar surface area (TPSA) is 72.4 Å². The molecule has 1 fully saturated rings. The predicted molar refractivity (Wildman–Crippen MR) is 62.5 cm³/mol. The second kappa shape index (κ2) is 4.49. The summed E-state index contributed by atoms with van der Waals surface area (Å²) in [7, 11) is 0. The molecule has 0 saturated carbocycles. The van der Waals surface area contributed by atoms with Crippen molar-refractivity contribution in [2.75, 3.05) is 18.0 Å². The van der Waals surface area contributed by atoms with E-state index in [2.05, 4.69) is 4.90 Å². The number of benzene rings is 1. The van der Waals surface area contributed by atoms with E-state index in [9.17, 15) is 10.1 Å². The highest BCUT2D eigenvalue weighted by Gasteiger charge is 2.23. The average molecular weight is 221 g/mol. The second-order valence-electron chi connectivity index (χ2n) is 4.00. The lowest BCUT2D eigenvalue weighted by atomic mass is 10.2. The minimum absolute atomic E-state index is 0.132. The lowest BCUT2D eigenvalue weighted by Crippen LogP contribution is -2.35. The van der Waals surface area contributed by atoms with E-state index in [4.69, 9.17) is 5.73 Å². The van der Waals surface area contributed by atoms with Gasteiger partial charge < -0.3 is 10.6 Å². The van der Waals surface area contributed by atoms with Crippen LogP contribution < -0.4 is 10.6 Å². The van der Waals surface area contributed by atoms with Crippen molar-refractivity contribution in [3.8, 4) is 0 Å². The molecule has 1 saturated heterocycles. The van der Waals surface area contributed by atoms with Crippen molar-refractivity contribution < 1.29 is 4.92 Å². The molecule has 1 unspecified atom stereocenters. The van der Waals surface area contributed by atoms with Crippen LogP contribution in [0, 0.1) is 10.1 Å².